The van der Waals surface area contributed by atoms with Gasteiger partial charge < -0.3 is 5.32 Å². The monoisotopic (exact) mass is 389 g/mol. The van der Waals surface area contributed by atoms with Gasteiger partial charge in [0.05, 0.1) is 17.1 Å². The number of anilines is 1. The van der Waals surface area contributed by atoms with E-state index in [4.69, 9.17) is 0 Å². The van der Waals surface area contributed by atoms with Crippen LogP contribution in [0, 0.1) is 12.8 Å². The van der Waals surface area contributed by atoms with Gasteiger partial charge >= 0.3 is 0 Å². The Labute approximate surface area is 148 Å². The van der Waals surface area contributed by atoms with Crippen LogP contribution in [0.15, 0.2) is 23.1 Å². The number of carbonyl (C=O) groups is 1. The maximum Gasteiger partial charge on any atom is 0.240 e. The molecule has 1 amide bonds. The lowest BCUT2D eigenvalue weighted by atomic mass is 9.98. The minimum absolute atomic E-state index is 0.0531. The topological polar surface area (TPSA) is 113 Å². The Morgan fingerprint density at radius 2 is 1.92 bits per heavy atom. The fourth-order valence-corrected chi connectivity index (χ4v) is 4.38. The standard InChI is InChI=1S/C15H23N3O5S2/c1-11-6-7-13(25(22,23)16-2)9-14(11)17-15(19)12-5-4-8-18(10-12)24(3,20)21/h6-7,9,12,16H,4-5,8,10H2,1-3H3,(H,17,19)/t12-/m1/s1. The van der Waals surface area contributed by atoms with Crippen LogP contribution in [0.2, 0.25) is 0 Å². The number of rotatable bonds is 5. The van der Waals surface area contributed by atoms with Crippen molar-refractivity contribution in [3.05, 3.63) is 23.8 Å². The van der Waals surface area contributed by atoms with Gasteiger partial charge in [0, 0.05) is 18.8 Å². The fraction of sp³-hybridized carbons (Fsp3) is 0.533. The van der Waals surface area contributed by atoms with E-state index in [1.165, 1.54) is 23.5 Å². The van der Waals surface area contributed by atoms with Crippen molar-refractivity contribution in [2.75, 3.05) is 31.7 Å². The molecule has 10 heteroatoms. The van der Waals surface area contributed by atoms with Gasteiger partial charge in [0.25, 0.3) is 0 Å². The molecule has 25 heavy (non-hydrogen) atoms. The molecule has 8 nitrogen and oxygen atoms in total. The average molecular weight is 389 g/mol. The maximum absolute atomic E-state index is 12.5. The van der Waals surface area contributed by atoms with Crippen LogP contribution >= 0.6 is 0 Å². The first-order valence-electron chi connectivity index (χ1n) is 7.85. The van der Waals surface area contributed by atoms with Crippen LogP contribution in [0.1, 0.15) is 18.4 Å². The van der Waals surface area contributed by atoms with Crippen molar-refractivity contribution in [2.45, 2.75) is 24.7 Å². The van der Waals surface area contributed by atoms with Crippen molar-refractivity contribution >= 4 is 31.6 Å². The van der Waals surface area contributed by atoms with Gasteiger partial charge in [-0.25, -0.2) is 25.9 Å². The molecule has 0 radical (unpaired) electrons. The zero-order valence-corrected chi connectivity index (χ0v) is 16.1. The predicted molar refractivity (Wildman–Crippen MR) is 95.2 cm³/mol. The summed E-state index contributed by atoms with van der Waals surface area (Å²) in [4.78, 5) is 12.6. The molecule has 2 N–H and O–H groups in total. The summed E-state index contributed by atoms with van der Waals surface area (Å²) in [7, 11) is -5.64. The number of aryl methyl sites for hydroxylation is 1. The second-order valence-electron chi connectivity index (χ2n) is 6.13. The molecular weight excluding hydrogens is 366 g/mol. The highest BCUT2D eigenvalue weighted by atomic mass is 32.2. The van der Waals surface area contributed by atoms with Gasteiger partial charge in [-0.3, -0.25) is 4.79 Å². The van der Waals surface area contributed by atoms with Crippen LogP contribution in [-0.2, 0) is 24.8 Å². The van der Waals surface area contributed by atoms with Gasteiger partial charge in [-0.1, -0.05) is 6.07 Å². The molecule has 0 unspecified atom stereocenters. The SMILES string of the molecule is CNS(=O)(=O)c1ccc(C)c(NC(=O)[C@@H]2CCCN(S(C)(=O)=O)C2)c1. The number of benzene rings is 1. The number of amides is 1. The van der Waals surface area contributed by atoms with Gasteiger partial charge in [-0.05, 0) is 44.5 Å². The van der Waals surface area contributed by atoms with E-state index in [-0.39, 0.29) is 17.3 Å². The van der Waals surface area contributed by atoms with Crippen LogP contribution in [0.3, 0.4) is 0 Å². The van der Waals surface area contributed by atoms with Crippen molar-refractivity contribution < 1.29 is 21.6 Å². The minimum Gasteiger partial charge on any atom is -0.326 e. The highest BCUT2D eigenvalue weighted by Crippen LogP contribution is 2.24. The normalized spacial score (nSPS) is 19.6. The number of nitrogens with zero attached hydrogens (tertiary/aromatic N) is 1. The fourth-order valence-electron chi connectivity index (χ4n) is 2.71. The van der Waals surface area contributed by atoms with E-state index in [2.05, 4.69) is 10.0 Å². The van der Waals surface area contributed by atoms with E-state index >= 15 is 0 Å². The summed E-state index contributed by atoms with van der Waals surface area (Å²) in [6, 6.07) is 4.47. The highest BCUT2D eigenvalue weighted by Gasteiger charge is 2.30. The smallest absolute Gasteiger partial charge is 0.240 e. The number of nitrogens with one attached hydrogen (secondary N) is 2. The lowest BCUT2D eigenvalue weighted by Crippen LogP contribution is -2.43. The largest absolute Gasteiger partial charge is 0.326 e. The van der Waals surface area contributed by atoms with Gasteiger partial charge in [-0.15, -0.1) is 0 Å². The number of hydrogen-bond donors (Lipinski definition) is 2. The Bertz CT molecular complexity index is 865. The number of carbonyl (C=O) groups excluding carboxylic acids is 1. The molecule has 1 aliphatic rings. The Hall–Kier alpha value is -1.49. The third-order valence-electron chi connectivity index (χ3n) is 4.27. The summed E-state index contributed by atoms with van der Waals surface area (Å²) in [6.07, 6.45) is 2.33. The molecule has 1 heterocycles. The molecule has 1 aromatic rings. The van der Waals surface area contributed by atoms with E-state index in [9.17, 15) is 21.6 Å². The van der Waals surface area contributed by atoms with Crippen molar-refractivity contribution in [1.82, 2.24) is 9.03 Å². The second kappa shape index (κ2) is 7.40. The zero-order valence-electron chi connectivity index (χ0n) is 14.4. The summed E-state index contributed by atoms with van der Waals surface area (Å²) in [5.41, 5.74) is 1.12. The molecule has 0 aromatic heterocycles. The Morgan fingerprint density at radius 3 is 2.52 bits per heavy atom. The first-order valence-corrected chi connectivity index (χ1v) is 11.2. The Balaban J connectivity index is 2.19. The van der Waals surface area contributed by atoms with E-state index in [1.807, 2.05) is 0 Å². The zero-order chi connectivity index (χ0) is 18.8. The van der Waals surface area contributed by atoms with E-state index < -0.39 is 26.0 Å². The second-order valence-corrected chi connectivity index (χ2v) is 10.0. The van der Waals surface area contributed by atoms with Crippen LogP contribution in [-0.4, -0.2) is 53.4 Å². The first kappa shape index (κ1) is 19.8. The van der Waals surface area contributed by atoms with Crippen molar-refractivity contribution in [1.29, 1.82) is 0 Å². The van der Waals surface area contributed by atoms with E-state index in [0.29, 0.717) is 25.1 Å². The molecule has 1 saturated heterocycles. The predicted octanol–water partition coefficient (Wildman–Crippen LogP) is 0.513. The molecule has 1 aliphatic heterocycles. The molecule has 140 valence electrons. The summed E-state index contributed by atoms with van der Waals surface area (Å²) >= 11 is 0. The maximum atomic E-state index is 12.5. The lowest BCUT2D eigenvalue weighted by Gasteiger charge is -2.30. The molecular formula is C15H23N3O5S2. The van der Waals surface area contributed by atoms with Crippen LogP contribution in [0.5, 0.6) is 0 Å². The quantitative estimate of drug-likeness (QED) is 0.762. The molecule has 0 saturated carbocycles. The van der Waals surface area contributed by atoms with Gasteiger partial charge in [0.1, 0.15) is 0 Å². The molecule has 2 rings (SSSR count). The number of hydrogen-bond acceptors (Lipinski definition) is 5. The Morgan fingerprint density at radius 1 is 1.24 bits per heavy atom. The molecule has 1 atom stereocenters. The summed E-state index contributed by atoms with van der Waals surface area (Å²) in [6.45, 7) is 2.31. The van der Waals surface area contributed by atoms with Gasteiger partial charge in [0.15, 0.2) is 0 Å². The summed E-state index contributed by atoms with van der Waals surface area (Å²) in [5.74, 6) is -0.775. The van der Waals surface area contributed by atoms with E-state index in [1.54, 1.807) is 13.0 Å². The van der Waals surface area contributed by atoms with Crippen LogP contribution in [0.25, 0.3) is 0 Å². The van der Waals surface area contributed by atoms with Crippen molar-refractivity contribution in [3.8, 4) is 0 Å². The third kappa shape index (κ3) is 4.78. The summed E-state index contributed by atoms with van der Waals surface area (Å²) in [5, 5.41) is 2.74. The average Bonchev–Trinajstić information content (AvgIpc) is 2.56. The van der Waals surface area contributed by atoms with Crippen LogP contribution < -0.4 is 10.0 Å². The Kier molecular flexibility index (Phi) is 5.87. The molecule has 0 spiro atoms. The van der Waals surface area contributed by atoms with Crippen molar-refractivity contribution in [2.24, 2.45) is 5.92 Å². The van der Waals surface area contributed by atoms with Gasteiger partial charge in [0.2, 0.25) is 26.0 Å². The summed E-state index contributed by atoms with van der Waals surface area (Å²) < 4.78 is 50.7. The lowest BCUT2D eigenvalue weighted by molar-refractivity contribution is -0.120. The van der Waals surface area contributed by atoms with Crippen molar-refractivity contribution in [3.63, 3.8) is 0 Å². The first-order chi connectivity index (χ1) is 11.5. The number of sulfonamides is 2. The van der Waals surface area contributed by atoms with Crippen LogP contribution in [0.4, 0.5) is 5.69 Å². The number of piperidine rings is 1. The molecule has 0 bridgehead atoms. The third-order valence-corrected chi connectivity index (χ3v) is 6.95. The van der Waals surface area contributed by atoms with Gasteiger partial charge in [-0.2, -0.15) is 0 Å². The molecule has 1 aromatic carbocycles. The molecule has 0 aliphatic carbocycles. The highest BCUT2D eigenvalue weighted by molar-refractivity contribution is 7.89. The van der Waals surface area contributed by atoms with E-state index in [0.717, 1.165) is 11.8 Å². The molecule has 1 fully saturated rings. The minimum atomic E-state index is -3.62.